The highest BCUT2D eigenvalue weighted by Gasteiger charge is 2.54. The molecule has 1 aromatic rings. The molecule has 14 heteroatoms. The van der Waals surface area contributed by atoms with Crippen molar-refractivity contribution in [1.82, 2.24) is 0 Å². The van der Waals surface area contributed by atoms with E-state index in [-0.39, 0.29) is 17.7 Å². The van der Waals surface area contributed by atoms with Crippen LogP contribution in [-0.4, -0.2) is 79.0 Å². The van der Waals surface area contributed by atoms with E-state index in [9.17, 15) is 28.8 Å². The van der Waals surface area contributed by atoms with Crippen molar-refractivity contribution in [3.63, 3.8) is 0 Å². The van der Waals surface area contributed by atoms with Gasteiger partial charge in [-0.3, -0.25) is 24.0 Å². The molecule has 5 atom stereocenters. The van der Waals surface area contributed by atoms with E-state index >= 15 is 0 Å². The van der Waals surface area contributed by atoms with Gasteiger partial charge in [0.1, 0.15) is 25.2 Å². The lowest BCUT2D eigenvalue weighted by Gasteiger charge is -2.43. The lowest BCUT2D eigenvalue weighted by Crippen LogP contribution is -2.63. The van der Waals surface area contributed by atoms with Gasteiger partial charge in [0.25, 0.3) is 0 Å². The molecule has 1 fully saturated rings. The number of hydrogen-bond acceptors (Lipinski definition) is 13. The van der Waals surface area contributed by atoms with E-state index < -0.39 is 79.0 Å². The van der Waals surface area contributed by atoms with Gasteiger partial charge in [-0.1, -0.05) is 18.2 Å². The van der Waals surface area contributed by atoms with Gasteiger partial charge in [0, 0.05) is 33.3 Å². The van der Waals surface area contributed by atoms with Crippen LogP contribution in [0.4, 0.5) is 0 Å². The second-order valence-electron chi connectivity index (χ2n) is 7.92. The Bertz CT molecular complexity index is 1060. The Morgan fingerprint density at radius 2 is 1.37 bits per heavy atom. The number of halogens is 1. The summed E-state index contributed by atoms with van der Waals surface area (Å²) in [5, 5.41) is 0. The monoisotopic (exact) mass is 558 g/mol. The minimum atomic E-state index is -1.66. The number of esters is 6. The van der Waals surface area contributed by atoms with Crippen molar-refractivity contribution in [1.29, 1.82) is 0 Å². The van der Waals surface area contributed by atoms with Gasteiger partial charge in [-0.25, -0.2) is 4.79 Å². The van der Waals surface area contributed by atoms with E-state index in [1.54, 1.807) is 6.07 Å². The molecule has 1 saturated heterocycles. The van der Waals surface area contributed by atoms with E-state index in [0.29, 0.717) is 0 Å². The fourth-order valence-corrected chi connectivity index (χ4v) is 3.56. The molecule has 0 aromatic heterocycles. The van der Waals surface area contributed by atoms with Crippen LogP contribution >= 0.6 is 11.6 Å². The molecule has 0 unspecified atom stereocenters. The summed E-state index contributed by atoms with van der Waals surface area (Å²) >= 11 is 5.44. The number of ether oxygens (including phenoxy) is 7. The van der Waals surface area contributed by atoms with E-state index in [0.717, 1.165) is 27.7 Å². The van der Waals surface area contributed by atoms with Crippen LogP contribution in [0.1, 0.15) is 43.6 Å². The average molecular weight is 559 g/mol. The Balaban J connectivity index is 2.46. The van der Waals surface area contributed by atoms with Crippen LogP contribution in [0.2, 0.25) is 0 Å². The van der Waals surface area contributed by atoms with E-state index in [2.05, 4.69) is 0 Å². The zero-order valence-corrected chi connectivity index (χ0v) is 21.8. The van der Waals surface area contributed by atoms with Crippen molar-refractivity contribution in [2.24, 2.45) is 0 Å². The van der Waals surface area contributed by atoms with E-state index in [1.165, 1.54) is 18.2 Å². The van der Waals surface area contributed by atoms with Crippen LogP contribution in [0.3, 0.4) is 0 Å². The number of carbonyl (C=O) groups excluding carboxylic acids is 6. The molecule has 1 aliphatic heterocycles. The van der Waals surface area contributed by atoms with E-state index in [1.807, 2.05) is 0 Å². The lowest BCUT2D eigenvalue weighted by molar-refractivity contribution is -0.296. The first-order valence-electron chi connectivity index (χ1n) is 11.2. The van der Waals surface area contributed by atoms with Crippen molar-refractivity contribution in [2.75, 3.05) is 12.5 Å². The van der Waals surface area contributed by atoms with Crippen LogP contribution in [0, 0.1) is 0 Å². The maximum Gasteiger partial charge on any atom is 0.339 e. The van der Waals surface area contributed by atoms with Crippen molar-refractivity contribution >= 4 is 47.4 Å². The molecule has 208 valence electrons. The smallest absolute Gasteiger partial charge is 0.339 e. The minimum Gasteiger partial charge on any atom is -0.463 e. The summed E-state index contributed by atoms with van der Waals surface area (Å²) in [6.45, 7) is 3.54. The largest absolute Gasteiger partial charge is 0.463 e. The van der Waals surface area contributed by atoms with Crippen LogP contribution in [-0.2, 0) is 63.7 Å². The lowest BCUT2D eigenvalue weighted by atomic mass is 9.98. The van der Waals surface area contributed by atoms with Crippen molar-refractivity contribution in [2.45, 2.75) is 65.0 Å². The van der Waals surface area contributed by atoms with Crippen LogP contribution in [0.25, 0.3) is 0 Å². The predicted molar refractivity (Wildman–Crippen MR) is 124 cm³/mol. The molecule has 0 spiro atoms. The fourth-order valence-electron chi connectivity index (χ4n) is 3.48. The first-order chi connectivity index (χ1) is 17.9. The Kier molecular flexibility index (Phi) is 11.5. The number of rotatable bonds is 10. The highest BCUT2D eigenvalue weighted by molar-refractivity contribution is 6.26. The molecule has 2 rings (SSSR count). The molecule has 0 bridgehead atoms. The molecule has 1 aliphatic rings. The molecule has 0 saturated carbocycles. The molecule has 0 radical (unpaired) electrons. The van der Waals surface area contributed by atoms with Crippen LogP contribution in [0.5, 0.6) is 0 Å². The van der Waals surface area contributed by atoms with Crippen molar-refractivity contribution in [3.05, 3.63) is 35.4 Å². The first kappa shape index (κ1) is 30.5. The topological polar surface area (TPSA) is 167 Å². The Labute approximate surface area is 222 Å². The number of alkyl halides is 1. The van der Waals surface area contributed by atoms with E-state index in [4.69, 9.17) is 44.8 Å². The van der Waals surface area contributed by atoms with Crippen molar-refractivity contribution in [3.8, 4) is 0 Å². The summed E-state index contributed by atoms with van der Waals surface area (Å²) < 4.78 is 37.0. The summed E-state index contributed by atoms with van der Waals surface area (Å²) in [4.78, 5) is 71.8. The molecule has 13 nitrogen and oxygen atoms in total. The number of carbonyl (C=O) groups is 6. The molecule has 0 aliphatic carbocycles. The number of benzene rings is 1. The molecule has 1 heterocycles. The fraction of sp³-hybridized carbons (Fsp3) is 0.500. The SMILES string of the molecule is CC(=O)OC[C@H]1O[C@H](OC(C)=O)[C@H](OC(=O)c2ccccc2COC(=O)CCl)[C@@H](OC(C)=O)[C@@H]1OC(C)=O. The van der Waals surface area contributed by atoms with Gasteiger partial charge in [-0.05, 0) is 6.07 Å². The van der Waals surface area contributed by atoms with Gasteiger partial charge < -0.3 is 33.2 Å². The summed E-state index contributed by atoms with van der Waals surface area (Å²) in [6, 6.07) is 5.98. The Morgan fingerprint density at radius 1 is 0.763 bits per heavy atom. The van der Waals surface area contributed by atoms with Gasteiger partial charge >= 0.3 is 35.8 Å². The Morgan fingerprint density at radius 3 is 1.95 bits per heavy atom. The second-order valence-corrected chi connectivity index (χ2v) is 8.19. The maximum absolute atomic E-state index is 13.2. The summed E-state index contributed by atoms with van der Waals surface area (Å²) in [5.41, 5.74) is 0.217. The standard InChI is InChI=1S/C24H27ClO13/c1-12(26)32-11-18-20(34-13(2)27)21(35-14(3)28)22(24(37-18)36-15(4)29)38-23(31)17-8-6-5-7-16(17)10-33-19(30)9-25/h5-8,18,20-22,24H,9-11H2,1-4H3/t18-,20-,21+,22-,24+/m1/s1. The number of hydrogen-bond donors (Lipinski definition) is 0. The molecule has 1 aromatic carbocycles. The van der Waals surface area contributed by atoms with Gasteiger partial charge in [0.15, 0.2) is 12.2 Å². The van der Waals surface area contributed by atoms with Crippen molar-refractivity contribution < 1.29 is 61.9 Å². The zero-order valence-electron chi connectivity index (χ0n) is 21.0. The zero-order chi connectivity index (χ0) is 28.4. The van der Waals surface area contributed by atoms with Gasteiger partial charge in [0.2, 0.25) is 12.4 Å². The first-order valence-corrected chi connectivity index (χ1v) is 11.8. The average Bonchev–Trinajstić information content (AvgIpc) is 2.84. The third kappa shape index (κ3) is 8.99. The van der Waals surface area contributed by atoms with Gasteiger partial charge in [0.05, 0.1) is 5.56 Å². The van der Waals surface area contributed by atoms with Gasteiger partial charge in [-0.15, -0.1) is 11.6 Å². The molecule has 38 heavy (non-hydrogen) atoms. The highest BCUT2D eigenvalue weighted by atomic mass is 35.5. The summed E-state index contributed by atoms with van der Waals surface area (Å²) in [5.74, 6) is -5.31. The normalized spacial score (nSPS) is 22.4. The Hall–Kier alpha value is -3.71. The molecule has 0 amide bonds. The third-order valence-corrected chi connectivity index (χ3v) is 5.12. The molecular formula is C24H27ClO13. The van der Waals surface area contributed by atoms with Gasteiger partial charge in [-0.2, -0.15) is 0 Å². The quantitative estimate of drug-likeness (QED) is 0.228. The summed E-state index contributed by atoms with van der Waals surface area (Å²) in [6.07, 6.45) is -7.53. The predicted octanol–water partition coefficient (Wildman–Crippen LogP) is 1.21. The maximum atomic E-state index is 13.2. The van der Waals surface area contributed by atoms with Crippen LogP contribution < -0.4 is 0 Å². The second kappa shape index (κ2) is 14.3. The molecular weight excluding hydrogens is 532 g/mol. The van der Waals surface area contributed by atoms with Crippen LogP contribution in [0.15, 0.2) is 24.3 Å². The minimum absolute atomic E-state index is 0.0379. The third-order valence-electron chi connectivity index (χ3n) is 4.91. The summed E-state index contributed by atoms with van der Waals surface area (Å²) in [7, 11) is 0. The molecule has 0 N–H and O–H groups in total. The highest BCUT2D eigenvalue weighted by Crippen LogP contribution is 2.31.